The van der Waals surface area contributed by atoms with Gasteiger partial charge in [0.15, 0.2) is 0 Å². The van der Waals surface area contributed by atoms with Crippen LogP contribution in [-0.4, -0.2) is 26.4 Å². The van der Waals surface area contributed by atoms with E-state index in [0.717, 1.165) is 18.6 Å². The molecular weight excluding hydrogens is 216 g/mol. The van der Waals surface area contributed by atoms with Crippen LogP contribution >= 0.6 is 0 Å². The second kappa shape index (κ2) is 7.27. The van der Waals surface area contributed by atoms with Gasteiger partial charge in [0.05, 0.1) is 13.2 Å². The van der Waals surface area contributed by atoms with Crippen LogP contribution in [0.3, 0.4) is 0 Å². The van der Waals surface area contributed by atoms with Gasteiger partial charge in [-0.3, -0.25) is 11.3 Å². The molecule has 17 heavy (non-hydrogen) atoms. The Kier molecular flexibility index (Phi) is 5.97. The molecular formula is C13H22N2O2. The molecule has 96 valence electrons. The van der Waals surface area contributed by atoms with Crippen molar-refractivity contribution in [1.82, 2.24) is 5.43 Å². The number of nitrogens with one attached hydrogen (secondary N) is 1. The summed E-state index contributed by atoms with van der Waals surface area (Å²) in [7, 11) is 3.38. The van der Waals surface area contributed by atoms with Gasteiger partial charge in [0.1, 0.15) is 5.75 Å². The van der Waals surface area contributed by atoms with E-state index in [1.54, 1.807) is 14.2 Å². The molecule has 2 atom stereocenters. The maximum absolute atomic E-state index is 5.56. The SMILES string of the molecule is COc1cccc(CC(CC(C)OC)NN)c1. The van der Waals surface area contributed by atoms with Crippen molar-refractivity contribution in [3.05, 3.63) is 29.8 Å². The number of hydrogen-bond donors (Lipinski definition) is 2. The van der Waals surface area contributed by atoms with Gasteiger partial charge in [-0.15, -0.1) is 0 Å². The summed E-state index contributed by atoms with van der Waals surface area (Å²) in [6.07, 6.45) is 1.94. The number of methoxy groups -OCH3 is 2. The van der Waals surface area contributed by atoms with Crippen molar-refractivity contribution >= 4 is 0 Å². The molecule has 1 rings (SSSR count). The lowest BCUT2D eigenvalue weighted by atomic mass is 10.0. The lowest BCUT2D eigenvalue weighted by Crippen LogP contribution is -2.39. The van der Waals surface area contributed by atoms with E-state index in [2.05, 4.69) is 11.5 Å². The first-order chi connectivity index (χ1) is 8.19. The van der Waals surface area contributed by atoms with Gasteiger partial charge in [0, 0.05) is 13.2 Å². The van der Waals surface area contributed by atoms with Gasteiger partial charge in [-0.05, 0) is 37.5 Å². The highest BCUT2D eigenvalue weighted by Crippen LogP contribution is 2.15. The molecule has 0 saturated heterocycles. The Balaban J connectivity index is 2.60. The quantitative estimate of drug-likeness (QED) is 0.558. The van der Waals surface area contributed by atoms with Crippen LogP contribution in [0.1, 0.15) is 18.9 Å². The highest BCUT2D eigenvalue weighted by molar-refractivity contribution is 5.28. The number of rotatable bonds is 7. The summed E-state index contributed by atoms with van der Waals surface area (Å²) in [5, 5.41) is 0. The molecule has 0 saturated carbocycles. The van der Waals surface area contributed by atoms with Crippen molar-refractivity contribution in [2.24, 2.45) is 5.84 Å². The second-order valence-electron chi connectivity index (χ2n) is 4.20. The van der Waals surface area contributed by atoms with E-state index in [0.29, 0.717) is 0 Å². The smallest absolute Gasteiger partial charge is 0.119 e. The normalized spacial score (nSPS) is 14.4. The van der Waals surface area contributed by atoms with Crippen LogP contribution in [0.5, 0.6) is 5.75 Å². The molecule has 0 aromatic heterocycles. The Bertz CT molecular complexity index is 331. The minimum absolute atomic E-state index is 0.196. The summed E-state index contributed by atoms with van der Waals surface area (Å²) in [5.74, 6) is 6.43. The zero-order chi connectivity index (χ0) is 12.7. The van der Waals surface area contributed by atoms with E-state index in [1.807, 2.05) is 25.1 Å². The molecule has 2 unspecified atom stereocenters. The van der Waals surface area contributed by atoms with Gasteiger partial charge in [0.25, 0.3) is 0 Å². The molecule has 3 N–H and O–H groups in total. The molecule has 0 bridgehead atoms. The molecule has 0 spiro atoms. The molecule has 0 amide bonds. The van der Waals surface area contributed by atoms with E-state index in [4.69, 9.17) is 15.3 Å². The first kappa shape index (κ1) is 14.0. The van der Waals surface area contributed by atoms with Crippen molar-refractivity contribution in [3.63, 3.8) is 0 Å². The molecule has 0 fully saturated rings. The third-order valence-corrected chi connectivity index (χ3v) is 2.87. The first-order valence-corrected chi connectivity index (χ1v) is 5.81. The molecule has 0 aliphatic rings. The van der Waals surface area contributed by atoms with Gasteiger partial charge < -0.3 is 9.47 Å². The summed E-state index contributed by atoms with van der Waals surface area (Å²) in [6.45, 7) is 2.04. The molecule has 1 aromatic rings. The van der Waals surface area contributed by atoms with Crippen LogP contribution in [0, 0.1) is 0 Å². The van der Waals surface area contributed by atoms with Gasteiger partial charge in [-0.1, -0.05) is 12.1 Å². The van der Waals surface area contributed by atoms with Gasteiger partial charge in [-0.25, -0.2) is 0 Å². The molecule has 4 nitrogen and oxygen atoms in total. The fraction of sp³-hybridized carbons (Fsp3) is 0.538. The Labute approximate surface area is 103 Å². The topological polar surface area (TPSA) is 56.5 Å². The van der Waals surface area contributed by atoms with E-state index in [9.17, 15) is 0 Å². The molecule has 4 heteroatoms. The highest BCUT2D eigenvalue weighted by Gasteiger charge is 2.12. The summed E-state index contributed by atoms with van der Waals surface area (Å²) in [6, 6.07) is 8.23. The van der Waals surface area contributed by atoms with Crippen molar-refractivity contribution < 1.29 is 9.47 Å². The summed E-state index contributed by atoms with van der Waals surface area (Å²) < 4.78 is 10.4. The van der Waals surface area contributed by atoms with Gasteiger partial charge in [0.2, 0.25) is 0 Å². The maximum Gasteiger partial charge on any atom is 0.119 e. The monoisotopic (exact) mass is 238 g/mol. The Hall–Kier alpha value is -1.10. The molecule has 0 aliphatic heterocycles. The van der Waals surface area contributed by atoms with E-state index in [-0.39, 0.29) is 12.1 Å². The number of hydrazine groups is 1. The zero-order valence-electron chi connectivity index (χ0n) is 10.8. The minimum Gasteiger partial charge on any atom is -0.497 e. The van der Waals surface area contributed by atoms with Gasteiger partial charge >= 0.3 is 0 Å². The number of hydrogen-bond acceptors (Lipinski definition) is 4. The van der Waals surface area contributed by atoms with Crippen molar-refractivity contribution in [3.8, 4) is 5.75 Å². The highest BCUT2D eigenvalue weighted by atomic mass is 16.5. The predicted octanol–water partition coefficient (Wildman–Crippen LogP) is 1.49. The van der Waals surface area contributed by atoms with Crippen LogP contribution < -0.4 is 16.0 Å². The number of ether oxygens (including phenoxy) is 2. The molecule has 1 aromatic carbocycles. The van der Waals surface area contributed by atoms with Crippen molar-refractivity contribution in [2.75, 3.05) is 14.2 Å². The third-order valence-electron chi connectivity index (χ3n) is 2.87. The zero-order valence-corrected chi connectivity index (χ0v) is 10.8. The van der Waals surface area contributed by atoms with Gasteiger partial charge in [-0.2, -0.15) is 0 Å². The largest absolute Gasteiger partial charge is 0.497 e. The number of nitrogens with two attached hydrogens (primary N) is 1. The fourth-order valence-corrected chi connectivity index (χ4v) is 1.79. The lowest BCUT2D eigenvalue weighted by molar-refractivity contribution is 0.100. The van der Waals surface area contributed by atoms with Crippen LogP contribution in [-0.2, 0) is 11.2 Å². The standard InChI is InChI=1S/C13H22N2O2/c1-10(16-2)7-12(15-14)8-11-5-4-6-13(9-11)17-3/h4-6,9-10,12,15H,7-8,14H2,1-3H3. The summed E-state index contributed by atoms with van der Waals surface area (Å²) in [5.41, 5.74) is 4.04. The van der Waals surface area contributed by atoms with Crippen LogP contribution in [0.4, 0.5) is 0 Å². The van der Waals surface area contributed by atoms with Crippen LogP contribution in [0.25, 0.3) is 0 Å². The van der Waals surface area contributed by atoms with E-state index >= 15 is 0 Å². The van der Waals surface area contributed by atoms with Crippen LogP contribution in [0.15, 0.2) is 24.3 Å². The predicted molar refractivity (Wildman–Crippen MR) is 68.9 cm³/mol. The Morgan fingerprint density at radius 3 is 2.71 bits per heavy atom. The first-order valence-electron chi connectivity index (χ1n) is 5.81. The number of benzene rings is 1. The van der Waals surface area contributed by atoms with Crippen molar-refractivity contribution in [1.29, 1.82) is 0 Å². The third kappa shape index (κ3) is 4.73. The van der Waals surface area contributed by atoms with Crippen molar-refractivity contribution in [2.45, 2.75) is 31.9 Å². The van der Waals surface area contributed by atoms with E-state index < -0.39 is 0 Å². The van der Waals surface area contributed by atoms with Crippen LogP contribution in [0.2, 0.25) is 0 Å². The average molecular weight is 238 g/mol. The average Bonchev–Trinajstić information content (AvgIpc) is 2.37. The Morgan fingerprint density at radius 2 is 2.12 bits per heavy atom. The van der Waals surface area contributed by atoms with E-state index in [1.165, 1.54) is 5.56 Å². The lowest BCUT2D eigenvalue weighted by Gasteiger charge is -2.19. The molecule has 0 aliphatic carbocycles. The molecule has 0 radical (unpaired) electrons. The summed E-state index contributed by atoms with van der Waals surface area (Å²) >= 11 is 0. The molecule has 0 heterocycles. The summed E-state index contributed by atoms with van der Waals surface area (Å²) in [4.78, 5) is 0. The maximum atomic E-state index is 5.56. The Morgan fingerprint density at radius 1 is 1.35 bits per heavy atom. The fourth-order valence-electron chi connectivity index (χ4n) is 1.79. The minimum atomic E-state index is 0.196. The second-order valence-corrected chi connectivity index (χ2v) is 4.20.